The van der Waals surface area contributed by atoms with E-state index in [2.05, 4.69) is 18.5 Å². The highest BCUT2D eigenvalue weighted by atomic mass is 16.5. The van der Waals surface area contributed by atoms with Crippen LogP contribution in [-0.4, -0.2) is 16.7 Å². The molecule has 0 spiro atoms. The number of rotatable bonds is 6. The Labute approximate surface area is 129 Å². The number of pyridine rings is 1. The van der Waals surface area contributed by atoms with Crippen LogP contribution in [0, 0.1) is 0 Å². The van der Waals surface area contributed by atoms with Crippen molar-refractivity contribution in [2.75, 3.05) is 0 Å². The summed E-state index contributed by atoms with van der Waals surface area (Å²) < 4.78 is 5.23. The summed E-state index contributed by atoms with van der Waals surface area (Å²) in [7, 11) is 0. The number of esters is 1. The third-order valence-corrected chi connectivity index (χ3v) is 3.11. The van der Waals surface area contributed by atoms with E-state index in [1.807, 2.05) is 6.07 Å². The summed E-state index contributed by atoms with van der Waals surface area (Å²) in [5.74, 6) is -0.332. The minimum absolute atomic E-state index is 0.175. The molecule has 1 aromatic heterocycles. The number of carbonyl (C=O) groups is 2. The molecule has 4 heteroatoms. The van der Waals surface area contributed by atoms with Gasteiger partial charge in [0.2, 0.25) is 0 Å². The molecule has 0 aliphatic heterocycles. The molecule has 1 aromatic carbocycles. The van der Waals surface area contributed by atoms with E-state index in [0.29, 0.717) is 11.3 Å². The van der Waals surface area contributed by atoms with Crippen LogP contribution in [0.2, 0.25) is 0 Å². The van der Waals surface area contributed by atoms with E-state index in [4.69, 9.17) is 4.74 Å². The average Bonchev–Trinajstić information content (AvgIpc) is 2.55. The van der Waals surface area contributed by atoms with Gasteiger partial charge < -0.3 is 4.74 Å². The number of hydrogen-bond acceptors (Lipinski definition) is 4. The first kappa shape index (κ1) is 15.6. The van der Waals surface area contributed by atoms with Crippen molar-refractivity contribution in [2.24, 2.45) is 0 Å². The summed E-state index contributed by atoms with van der Waals surface area (Å²) in [6, 6.07) is 9.84. The summed E-state index contributed by atoms with van der Waals surface area (Å²) in [5.41, 5.74) is 1.84. The molecule has 0 saturated carbocycles. The van der Waals surface area contributed by atoms with Crippen molar-refractivity contribution in [2.45, 2.75) is 19.8 Å². The Kier molecular flexibility index (Phi) is 5.20. The molecular formula is C18H17NO3. The first-order valence-corrected chi connectivity index (χ1v) is 7.08. The highest BCUT2D eigenvalue weighted by molar-refractivity contribution is 6.04. The van der Waals surface area contributed by atoms with E-state index >= 15 is 0 Å². The van der Waals surface area contributed by atoms with Gasteiger partial charge >= 0.3 is 5.97 Å². The number of carbonyl (C=O) groups excluding carboxylic acids is 2. The van der Waals surface area contributed by atoms with E-state index in [0.717, 1.165) is 18.4 Å². The molecule has 112 valence electrons. The highest BCUT2D eigenvalue weighted by Gasteiger charge is 2.10. The van der Waals surface area contributed by atoms with Crippen molar-refractivity contribution >= 4 is 11.8 Å². The van der Waals surface area contributed by atoms with Crippen molar-refractivity contribution in [3.05, 3.63) is 72.1 Å². The van der Waals surface area contributed by atoms with Crippen molar-refractivity contribution in [3.8, 4) is 5.75 Å². The molecular weight excluding hydrogens is 278 g/mol. The normalized spacial score (nSPS) is 10.0. The SMILES string of the molecule is C=CC(=O)c1ccc(OC(=O)c2ccc(CCC)cn2)cc1. The Morgan fingerprint density at radius 2 is 1.91 bits per heavy atom. The fourth-order valence-electron chi connectivity index (χ4n) is 1.95. The number of benzene rings is 1. The number of nitrogens with zero attached hydrogens (tertiary/aromatic N) is 1. The van der Waals surface area contributed by atoms with Crippen LogP contribution < -0.4 is 4.74 Å². The second-order valence-corrected chi connectivity index (χ2v) is 4.78. The second-order valence-electron chi connectivity index (χ2n) is 4.78. The van der Waals surface area contributed by atoms with Crippen molar-refractivity contribution < 1.29 is 14.3 Å². The van der Waals surface area contributed by atoms with Gasteiger partial charge in [0.25, 0.3) is 0 Å². The van der Waals surface area contributed by atoms with Crippen LogP contribution in [0.15, 0.2) is 55.3 Å². The number of ketones is 1. The first-order valence-electron chi connectivity index (χ1n) is 7.08. The quantitative estimate of drug-likeness (QED) is 0.353. The third-order valence-electron chi connectivity index (χ3n) is 3.11. The molecule has 0 aliphatic rings. The summed E-state index contributed by atoms with van der Waals surface area (Å²) in [6.07, 6.45) is 4.89. The Morgan fingerprint density at radius 1 is 1.18 bits per heavy atom. The number of aryl methyl sites for hydroxylation is 1. The summed E-state index contributed by atoms with van der Waals surface area (Å²) >= 11 is 0. The van der Waals surface area contributed by atoms with Gasteiger partial charge in [-0.15, -0.1) is 0 Å². The number of allylic oxidation sites excluding steroid dienone is 1. The fraction of sp³-hybridized carbons (Fsp3) is 0.167. The van der Waals surface area contributed by atoms with E-state index in [1.165, 1.54) is 6.08 Å². The van der Waals surface area contributed by atoms with Crippen LogP contribution in [0.4, 0.5) is 0 Å². The third kappa shape index (κ3) is 3.88. The standard InChI is InChI=1S/C18H17NO3/c1-3-5-13-6-11-16(19-12-13)18(21)22-15-9-7-14(8-10-15)17(20)4-2/h4,6-12H,2-3,5H2,1H3. The van der Waals surface area contributed by atoms with E-state index in [-0.39, 0.29) is 11.5 Å². The van der Waals surface area contributed by atoms with Gasteiger partial charge in [-0.3, -0.25) is 4.79 Å². The van der Waals surface area contributed by atoms with Crippen molar-refractivity contribution in [3.63, 3.8) is 0 Å². The Hall–Kier alpha value is -2.75. The van der Waals surface area contributed by atoms with E-state index in [1.54, 1.807) is 36.5 Å². The molecule has 22 heavy (non-hydrogen) atoms. The minimum atomic E-state index is -0.522. The van der Waals surface area contributed by atoms with Gasteiger partial charge in [0.05, 0.1) is 0 Å². The van der Waals surface area contributed by atoms with Gasteiger partial charge in [-0.2, -0.15) is 0 Å². The molecule has 0 radical (unpaired) electrons. The molecule has 0 amide bonds. The molecule has 1 heterocycles. The Morgan fingerprint density at radius 3 is 2.45 bits per heavy atom. The first-order chi connectivity index (χ1) is 10.6. The maximum absolute atomic E-state index is 12.0. The van der Waals surface area contributed by atoms with Gasteiger partial charge in [-0.25, -0.2) is 9.78 Å². The zero-order valence-electron chi connectivity index (χ0n) is 12.4. The summed E-state index contributed by atoms with van der Waals surface area (Å²) in [6.45, 7) is 5.51. The van der Waals surface area contributed by atoms with Crippen LogP contribution in [0.25, 0.3) is 0 Å². The molecule has 0 bridgehead atoms. The largest absolute Gasteiger partial charge is 0.422 e. The molecule has 0 N–H and O–H groups in total. The minimum Gasteiger partial charge on any atom is -0.422 e. The lowest BCUT2D eigenvalue weighted by Gasteiger charge is -2.05. The zero-order valence-corrected chi connectivity index (χ0v) is 12.4. The number of hydrogen-bond donors (Lipinski definition) is 0. The summed E-state index contributed by atoms with van der Waals surface area (Å²) in [5, 5.41) is 0. The zero-order chi connectivity index (χ0) is 15.9. The molecule has 4 nitrogen and oxygen atoms in total. The second kappa shape index (κ2) is 7.31. The molecule has 0 saturated heterocycles. The lowest BCUT2D eigenvalue weighted by atomic mass is 10.1. The topological polar surface area (TPSA) is 56.3 Å². The van der Waals surface area contributed by atoms with E-state index < -0.39 is 5.97 Å². The lowest BCUT2D eigenvalue weighted by molar-refractivity contribution is 0.0728. The Balaban J connectivity index is 2.05. The molecule has 0 fully saturated rings. The molecule has 0 unspecified atom stereocenters. The number of aromatic nitrogens is 1. The Bertz CT molecular complexity index is 672. The maximum atomic E-state index is 12.0. The van der Waals surface area contributed by atoms with Crippen molar-refractivity contribution in [1.29, 1.82) is 0 Å². The molecule has 0 aliphatic carbocycles. The van der Waals surface area contributed by atoms with Gasteiger partial charge in [-0.05, 0) is 48.4 Å². The van der Waals surface area contributed by atoms with Crippen LogP contribution in [0.5, 0.6) is 5.75 Å². The maximum Gasteiger partial charge on any atom is 0.362 e. The molecule has 2 aromatic rings. The van der Waals surface area contributed by atoms with Crippen LogP contribution in [0.1, 0.15) is 39.8 Å². The van der Waals surface area contributed by atoms with Gasteiger partial charge in [0, 0.05) is 11.8 Å². The lowest BCUT2D eigenvalue weighted by Crippen LogP contribution is -2.10. The van der Waals surface area contributed by atoms with Gasteiger partial charge in [0.1, 0.15) is 11.4 Å². The van der Waals surface area contributed by atoms with Crippen molar-refractivity contribution in [1.82, 2.24) is 4.98 Å². The molecule has 2 rings (SSSR count). The predicted molar refractivity (Wildman–Crippen MR) is 84.2 cm³/mol. The predicted octanol–water partition coefficient (Wildman–Crippen LogP) is 3.62. The summed E-state index contributed by atoms with van der Waals surface area (Å²) in [4.78, 5) is 27.5. The smallest absolute Gasteiger partial charge is 0.362 e. The van der Waals surface area contributed by atoms with Gasteiger partial charge in [-0.1, -0.05) is 26.0 Å². The van der Waals surface area contributed by atoms with Crippen LogP contribution in [-0.2, 0) is 6.42 Å². The van der Waals surface area contributed by atoms with Gasteiger partial charge in [0.15, 0.2) is 5.78 Å². The van der Waals surface area contributed by atoms with Crippen LogP contribution >= 0.6 is 0 Å². The van der Waals surface area contributed by atoms with E-state index in [9.17, 15) is 9.59 Å². The fourth-order valence-corrected chi connectivity index (χ4v) is 1.95. The van der Waals surface area contributed by atoms with Crippen LogP contribution in [0.3, 0.4) is 0 Å². The molecule has 0 atom stereocenters. The monoisotopic (exact) mass is 295 g/mol. The average molecular weight is 295 g/mol. The number of ether oxygens (including phenoxy) is 1. The highest BCUT2D eigenvalue weighted by Crippen LogP contribution is 2.14.